The molecule has 0 fully saturated rings. The first-order valence-corrected chi connectivity index (χ1v) is 6.04. The highest BCUT2D eigenvalue weighted by atomic mass is 16.3. The standard InChI is InChI=1S/C14H20O/c1-11(8-9-15)13-7-6-12-4-2-3-5-14(12)10-13/h6-7,10-11,15H,2-5,8-9H2,1H3/t11-/m0/s1. The van der Waals surface area contributed by atoms with E-state index in [0.29, 0.717) is 5.92 Å². The van der Waals surface area contributed by atoms with Crippen molar-refractivity contribution in [2.45, 2.75) is 44.9 Å². The number of aryl methyl sites for hydroxylation is 2. The third kappa shape index (κ3) is 2.40. The maximum absolute atomic E-state index is 8.94. The third-order valence-corrected chi connectivity index (χ3v) is 3.50. The molecule has 1 aliphatic carbocycles. The first-order valence-electron chi connectivity index (χ1n) is 6.04. The van der Waals surface area contributed by atoms with E-state index in [2.05, 4.69) is 25.1 Å². The molecule has 0 heterocycles. The third-order valence-electron chi connectivity index (χ3n) is 3.50. The number of fused-ring (bicyclic) bond motifs is 1. The van der Waals surface area contributed by atoms with Gasteiger partial charge in [0.15, 0.2) is 0 Å². The molecule has 0 spiro atoms. The Balaban J connectivity index is 2.20. The van der Waals surface area contributed by atoms with Crippen molar-refractivity contribution in [3.05, 3.63) is 34.9 Å². The zero-order chi connectivity index (χ0) is 10.7. The van der Waals surface area contributed by atoms with Crippen molar-refractivity contribution in [3.63, 3.8) is 0 Å². The van der Waals surface area contributed by atoms with Crippen LogP contribution in [0.3, 0.4) is 0 Å². The highest BCUT2D eigenvalue weighted by molar-refractivity contribution is 5.35. The van der Waals surface area contributed by atoms with Crippen molar-refractivity contribution in [1.82, 2.24) is 0 Å². The van der Waals surface area contributed by atoms with Crippen molar-refractivity contribution in [2.75, 3.05) is 6.61 Å². The fourth-order valence-corrected chi connectivity index (χ4v) is 2.42. The number of benzene rings is 1. The van der Waals surface area contributed by atoms with E-state index in [1.54, 1.807) is 11.1 Å². The maximum atomic E-state index is 8.94. The van der Waals surface area contributed by atoms with Gasteiger partial charge < -0.3 is 5.11 Å². The number of aliphatic hydroxyl groups excluding tert-OH is 1. The lowest BCUT2D eigenvalue weighted by molar-refractivity contribution is 0.278. The number of aliphatic hydroxyl groups is 1. The van der Waals surface area contributed by atoms with Crippen LogP contribution >= 0.6 is 0 Å². The van der Waals surface area contributed by atoms with Crippen LogP contribution in [0.1, 0.15) is 48.8 Å². The molecular weight excluding hydrogens is 184 g/mol. The second-order valence-electron chi connectivity index (χ2n) is 4.65. The molecule has 1 heteroatoms. The Morgan fingerprint density at radius 1 is 1.20 bits per heavy atom. The summed E-state index contributed by atoms with van der Waals surface area (Å²) in [6.07, 6.45) is 6.06. The Morgan fingerprint density at radius 3 is 2.67 bits per heavy atom. The van der Waals surface area contributed by atoms with Gasteiger partial charge in [-0.25, -0.2) is 0 Å². The molecule has 1 aromatic rings. The van der Waals surface area contributed by atoms with Crippen molar-refractivity contribution in [1.29, 1.82) is 0 Å². The summed E-state index contributed by atoms with van der Waals surface area (Å²) in [6, 6.07) is 6.89. The van der Waals surface area contributed by atoms with Crippen LogP contribution in [-0.2, 0) is 12.8 Å². The van der Waals surface area contributed by atoms with Crippen LogP contribution in [0.5, 0.6) is 0 Å². The molecule has 1 nitrogen and oxygen atoms in total. The maximum Gasteiger partial charge on any atom is 0.0436 e. The first-order chi connectivity index (χ1) is 7.31. The van der Waals surface area contributed by atoms with E-state index in [4.69, 9.17) is 5.11 Å². The normalized spacial score (nSPS) is 17.2. The second kappa shape index (κ2) is 4.80. The monoisotopic (exact) mass is 204 g/mol. The SMILES string of the molecule is C[C@@H](CCO)c1ccc2c(c1)CCCC2. The minimum Gasteiger partial charge on any atom is -0.396 e. The lowest BCUT2D eigenvalue weighted by atomic mass is 9.87. The molecule has 82 valence electrons. The van der Waals surface area contributed by atoms with Crippen LogP contribution in [0.25, 0.3) is 0 Å². The van der Waals surface area contributed by atoms with E-state index in [1.165, 1.54) is 31.2 Å². The minimum atomic E-state index is 0.290. The summed E-state index contributed by atoms with van der Waals surface area (Å²) >= 11 is 0. The molecule has 0 bridgehead atoms. The van der Waals surface area contributed by atoms with Gasteiger partial charge in [0.1, 0.15) is 0 Å². The van der Waals surface area contributed by atoms with E-state index in [-0.39, 0.29) is 6.61 Å². The number of hydrogen-bond acceptors (Lipinski definition) is 1. The van der Waals surface area contributed by atoms with E-state index in [9.17, 15) is 0 Å². The molecule has 0 aliphatic heterocycles. The highest BCUT2D eigenvalue weighted by Crippen LogP contribution is 2.26. The van der Waals surface area contributed by atoms with Crippen LogP contribution in [0.4, 0.5) is 0 Å². The molecule has 0 aromatic heterocycles. The fourth-order valence-electron chi connectivity index (χ4n) is 2.42. The molecule has 15 heavy (non-hydrogen) atoms. The minimum absolute atomic E-state index is 0.290. The number of rotatable bonds is 3. The summed E-state index contributed by atoms with van der Waals surface area (Å²) < 4.78 is 0. The van der Waals surface area contributed by atoms with Crippen LogP contribution in [-0.4, -0.2) is 11.7 Å². The molecule has 0 saturated heterocycles. The molecular formula is C14H20O. The van der Waals surface area contributed by atoms with Gasteiger partial charge in [-0.2, -0.15) is 0 Å². The zero-order valence-corrected chi connectivity index (χ0v) is 9.50. The second-order valence-corrected chi connectivity index (χ2v) is 4.65. The van der Waals surface area contributed by atoms with E-state index < -0.39 is 0 Å². The molecule has 1 N–H and O–H groups in total. The lowest BCUT2D eigenvalue weighted by Gasteiger charge is -2.18. The Bertz CT molecular complexity index is 330. The van der Waals surface area contributed by atoms with Crippen molar-refractivity contribution in [3.8, 4) is 0 Å². The average Bonchev–Trinajstić information content (AvgIpc) is 2.29. The Labute approximate surface area is 92.1 Å². The summed E-state index contributed by atoms with van der Waals surface area (Å²) in [5, 5.41) is 8.94. The predicted octanol–water partition coefficient (Wildman–Crippen LogP) is 3.05. The fraction of sp³-hybridized carbons (Fsp3) is 0.571. The van der Waals surface area contributed by atoms with Gasteiger partial charge in [-0.05, 0) is 54.7 Å². The quantitative estimate of drug-likeness (QED) is 0.802. The predicted molar refractivity (Wildman–Crippen MR) is 63.2 cm³/mol. The average molecular weight is 204 g/mol. The molecule has 1 aromatic carbocycles. The topological polar surface area (TPSA) is 20.2 Å². The summed E-state index contributed by atoms with van der Waals surface area (Å²) in [5.74, 6) is 0.488. The highest BCUT2D eigenvalue weighted by Gasteiger charge is 2.11. The van der Waals surface area contributed by atoms with Gasteiger partial charge in [0, 0.05) is 6.61 Å². The van der Waals surface area contributed by atoms with Crippen LogP contribution in [0, 0.1) is 0 Å². The Hall–Kier alpha value is -0.820. The van der Waals surface area contributed by atoms with Gasteiger partial charge in [0.05, 0.1) is 0 Å². The van der Waals surface area contributed by atoms with Gasteiger partial charge in [-0.3, -0.25) is 0 Å². The number of hydrogen-bond donors (Lipinski definition) is 1. The van der Waals surface area contributed by atoms with Crippen LogP contribution in [0.2, 0.25) is 0 Å². The summed E-state index contributed by atoms with van der Waals surface area (Å²) in [4.78, 5) is 0. The van der Waals surface area contributed by atoms with Crippen molar-refractivity contribution in [2.24, 2.45) is 0 Å². The summed E-state index contributed by atoms with van der Waals surface area (Å²) in [5.41, 5.74) is 4.48. The summed E-state index contributed by atoms with van der Waals surface area (Å²) in [6.45, 7) is 2.49. The molecule has 0 saturated carbocycles. The lowest BCUT2D eigenvalue weighted by Crippen LogP contribution is -2.05. The van der Waals surface area contributed by atoms with Gasteiger partial charge >= 0.3 is 0 Å². The summed E-state index contributed by atoms with van der Waals surface area (Å²) in [7, 11) is 0. The van der Waals surface area contributed by atoms with Gasteiger partial charge in [0.25, 0.3) is 0 Å². The van der Waals surface area contributed by atoms with E-state index in [0.717, 1.165) is 6.42 Å². The van der Waals surface area contributed by atoms with Crippen molar-refractivity contribution < 1.29 is 5.11 Å². The van der Waals surface area contributed by atoms with E-state index in [1.807, 2.05) is 0 Å². The van der Waals surface area contributed by atoms with Gasteiger partial charge in [-0.15, -0.1) is 0 Å². The first kappa shape index (κ1) is 10.7. The van der Waals surface area contributed by atoms with Crippen LogP contribution < -0.4 is 0 Å². The van der Waals surface area contributed by atoms with Crippen molar-refractivity contribution >= 4 is 0 Å². The van der Waals surface area contributed by atoms with Crippen LogP contribution in [0.15, 0.2) is 18.2 Å². The molecule has 0 unspecified atom stereocenters. The smallest absolute Gasteiger partial charge is 0.0436 e. The van der Waals surface area contributed by atoms with Gasteiger partial charge in [-0.1, -0.05) is 25.1 Å². The molecule has 0 radical (unpaired) electrons. The Morgan fingerprint density at radius 2 is 1.93 bits per heavy atom. The largest absolute Gasteiger partial charge is 0.396 e. The van der Waals surface area contributed by atoms with E-state index >= 15 is 0 Å². The van der Waals surface area contributed by atoms with Gasteiger partial charge in [0.2, 0.25) is 0 Å². The molecule has 2 rings (SSSR count). The molecule has 0 amide bonds. The zero-order valence-electron chi connectivity index (χ0n) is 9.50. The molecule has 1 atom stereocenters. The molecule has 1 aliphatic rings. The Kier molecular flexibility index (Phi) is 3.42.